The zero-order valence-electron chi connectivity index (χ0n) is 13.3. The molecule has 0 aliphatic carbocycles. The van der Waals surface area contributed by atoms with Crippen molar-refractivity contribution < 1.29 is 4.79 Å². The molecule has 0 bridgehead atoms. The van der Waals surface area contributed by atoms with Gasteiger partial charge in [0.15, 0.2) is 0 Å². The fourth-order valence-corrected chi connectivity index (χ4v) is 2.98. The first kappa shape index (κ1) is 16.6. The van der Waals surface area contributed by atoms with Crippen LogP contribution in [0.5, 0.6) is 0 Å². The lowest BCUT2D eigenvalue weighted by atomic mass is 10.0. The number of nitrogens with zero attached hydrogens (tertiary/aromatic N) is 2. The van der Waals surface area contributed by atoms with E-state index < -0.39 is 0 Å². The Hall–Kier alpha value is -1.75. The summed E-state index contributed by atoms with van der Waals surface area (Å²) in [6.07, 6.45) is 3.29. The van der Waals surface area contributed by atoms with Crippen molar-refractivity contribution in [3.05, 3.63) is 51.0 Å². The van der Waals surface area contributed by atoms with Crippen LogP contribution in [0.3, 0.4) is 0 Å². The van der Waals surface area contributed by atoms with Crippen LogP contribution in [0.15, 0.2) is 22.8 Å². The molecule has 0 spiro atoms. The lowest BCUT2D eigenvalue weighted by Gasteiger charge is -2.16. The van der Waals surface area contributed by atoms with E-state index in [1.807, 2.05) is 26.0 Å². The van der Waals surface area contributed by atoms with Crippen molar-refractivity contribution in [1.82, 2.24) is 9.97 Å². The van der Waals surface area contributed by atoms with Gasteiger partial charge in [0, 0.05) is 16.4 Å². The highest BCUT2D eigenvalue weighted by molar-refractivity contribution is 9.10. The second-order valence-corrected chi connectivity index (χ2v) is 6.09. The third-order valence-corrected chi connectivity index (χ3v) is 4.07. The minimum Gasteiger partial charge on any atom is -0.321 e. The molecule has 0 saturated carbocycles. The fraction of sp³-hybridized carbons (Fsp3) is 0.353. The molecule has 1 amide bonds. The van der Waals surface area contributed by atoms with Crippen molar-refractivity contribution in [2.75, 3.05) is 5.32 Å². The molecule has 2 rings (SSSR count). The molecule has 1 aromatic carbocycles. The highest BCUT2D eigenvalue weighted by atomic mass is 79.9. The summed E-state index contributed by atoms with van der Waals surface area (Å²) < 4.78 is 1.04. The number of aryl methyl sites for hydroxylation is 4. The Morgan fingerprint density at radius 1 is 1.18 bits per heavy atom. The van der Waals surface area contributed by atoms with Crippen molar-refractivity contribution in [2.45, 2.75) is 40.5 Å². The van der Waals surface area contributed by atoms with Gasteiger partial charge in [-0.15, -0.1) is 0 Å². The molecule has 0 fully saturated rings. The first-order valence-corrected chi connectivity index (χ1v) is 8.18. The van der Waals surface area contributed by atoms with E-state index >= 15 is 0 Å². The largest absolute Gasteiger partial charge is 0.321 e. The summed E-state index contributed by atoms with van der Waals surface area (Å²) in [5.74, 6) is 0.505. The van der Waals surface area contributed by atoms with Gasteiger partial charge in [0.2, 0.25) is 0 Å². The van der Waals surface area contributed by atoms with Crippen LogP contribution in [0.1, 0.15) is 46.9 Å². The van der Waals surface area contributed by atoms with Crippen LogP contribution in [-0.2, 0) is 12.8 Å². The van der Waals surface area contributed by atoms with Crippen molar-refractivity contribution >= 4 is 27.5 Å². The number of hydrogen-bond donors (Lipinski definition) is 1. The number of amides is 1. The number of nitrogens with one attached hydrogen (secondary N) is 1. The Kier molecular flexibility index (Phi) is 5.29. The molecule has 4 nitrogen and oxygen atoms in total. The minimum atomic E-state index is -0.163. The molecule has 0 atom stereocenters. The van der Waals surface area contributed by atoms with E-state index in [-0.39, 0.29) is 5.91 Å². The van der Waals surface area contributed by atoms with Gasteiger partial charge in [0.05, 0.1) is 11.3 Å². The van der Waals surface area contributed by atoms with Crippen molar-refractivity contribution in [3.63, 3.8) is 0 Å². The van der Waals surface area contributed by atoms with E-state index in [1.54, 1.807) is 6.20 Å². The fourth-order valence-electron chi connectivity index (χ4n) is 2.43. The van der Waals surface area contributed by atoms with E-state index in [9.17, 15) is 4.79 Å². The van der Waals surface area contributed by atoms with Crippen molar-refractivity contribution in [2.24, 2.45) is 0 Å². The lowest BCUT2D eigenvalue weighted by molar-refractivity contribution is 0.102. The number of benzene rings is 1. The topological polar surface area (TPSA) is 54.9 Å². The van der Waals surface area contributed by atoms with Gasteiger partial charge in [-0.25, -0.2) is 9.97 Å². The van der Waals surface area contributed by atoms with Gasteiger partial charge >= 0.3 is 0 Å². The third-order valence-electron chi connectivity index (χ3n) is 3.61. The van der Waals surface area contributed by atoms with Crippen LogP contribution in [-0.4, -0.2) is 15.9 Å². The summed E-state index contributed by atoms with van der Waals surface area (Å²) in [5.41, 5.74) is 4.34. The molecule has 0 radical (unpaired) electrons. The molecule has 0 unspecified atom stereocenters. The zero-order chi connectivity index (χ0) is 16.3. The first-order chi connectivity index (χ1) is 10.5. The zero-order valence-corrected chi connectivity index (χ0v) is 14.9. The number of carbonyl (C=O) groups excluding carboxylic acids is 1. The third kappa shape index (κ3) is 3.53. The van der Waals surface area contributed by atoms with Gasteiger partial charge in [-0.05, 0) is 49.9 Å². The summed E-state index contributed by atoms with van der Waals surface area (Å²) in [6, 6.07) is 4.10. The maximum Gasteiger partial charge on any atom is 0.259 e. The number of rotatable bonds is 4. The van der Waals surface area contributed by atoms with Crippen LogP contribution in [0.2, 0.25) is 0 Å². The Labute approximate surface area is 139 Å². The monoisotopic (exact) mass is 361 g/mol. The number of aromatic nitrogens is 2. The summed E-state index contributed by atoms with van der Waals surface area (Å²) in [7, 11) is 0. The molecule has 22 heavy (non-hydrogen) atoms. The normalized spacial score (nSPS) is 10.6. The second kappa shape index (κ2) is 7.01. The van der Waals surface area contributed by atoms with Gasteiger partial charge in [0.25, 0.3) is 5.91 Å². The van der Waals surface area contributed by atoms with Crippen LogP contribution < -0.4 is 5.32 Å². The Morgan fingerprint density at radius 2 is 1.77 bits per heavy atom. The number of hydrogen-bond acceptors (Lipinski definition) is 3. The molecule has 5 heteroatoms. The molecule has 0 aliphatic heterocycles. The van der Waals surface area contributed by atoms with E-state index in [0.717, 1.165) is 34.1 Å². The van der Waals surface area contributed by atoms with E-state index in [4.69, 9.17) is 0 Å². The first-order valence-electron chi connectivity index (χ1n) is 7.39. The summed E-state index contributed by atoms with van der Waals surface area (Å²) in [4.78, 5) is 20.9. The van der Waals surface area contributed by atoms with Crippen LogP contribution in [0.25, 0.3) is 0 Å². The van der Waals surface area contributed by atoms with Crippen molar-refractivity contribution in [1.29, 1.82) is 0 Å². The van der Waals surface area contributed by atoms with Crippen LogP contribution in [0, 0.1) is 13.8 Å². The Bertz CT molecular complexity index is 688. The SMILES string of the molecule is CCc1cc(Br)cc(CC)c1NC(=O)c1cnc(C)nc1C. The molecule has 1 N–H and O–H groups in total. The lowest BCUT2D eigenvalue weighted by Crippen LogP contribution is -2.17. The second-order valence-electron chi connectivity index (χ2n) is 5.18. The van der Waals surface area contributed by atoms with Crippen molar-refractivity contribution in [3.8, 4) is 0 Å². The predicted octanol–water partition coefficient (Wildman–Crippen LogP) is 4.23. The summed E-state index contributed by atoms with van der Waals surface area (Å²) in [6.45, 7) is 7.80. The van der Waals surface area contributed by atoms with Crippen LogP contribution >= 0.6 is 15.9 Å². The summed E-state index contributed by atoms with van der Waals surface area (Å²) in [5, 5.41) is 3.05. The smallest absolute Gasteiger partial charge is 0.259 e. The molecule has 0 saturated heterocycles. The van der Waals surface area contributed by atoms with E-state index in [1.165, 1.54) is 0 Å². The molecule has 1 aromatic heterocycles. The number of carbonyl (C=O) groups is 1. The molecular weight excluding hydrogens is 342 g/mol. The average Bonchev–Trinajstić information content (AvgIpc) is 2.48. The Balaban J connectivity index is 2.39. The number of anilines is 1. The maximum absolute atomic E-state index is 12.6. The average molecular weight is 362 g/mol. The minimum absolute atomic E-state index is 0.163. The molecule has 2 aromatic rings. The number of halogens is 1. The highest BCUT2D eigenvalue weighted by Gasteiger charge is 2.15. The molecular formula is C17H20BrN3O. The van der Waals surface area contributed by atoms with E-state index in [2.05, 4.69) is 45.1 Å². The van der Waals surface area contributed by atoms with Gasteiger partial charge < -0.3 is 5.32 Å². The van der Waals surface area contributed by atoms with Gasteiger partial charge in [-0.1, -0.05) is 29.8 Å². The maximum atomic E-state index is 12.6. The molecule has 0 aliphatic rings. The van der Waals surface area contributed by atoms with Crippen LogP contribution in [0.4, 0.5) is 5.69 Å². The quantitative estimate of drug-likeness (QED) is 0.886. The molecule has 116 valence electrons. The van der Waals surface area contributed by atoms with Gasteiger partial charge in [0.1, 0.15) is 5.82 Å². The van der Waals surface area contributed by atoms with Gasteiger partial charge in [-0.2, -0.15) is 0 Å². The standard InChI is InChI=1S/C17H20BrN3O/c1-5-12-7-14(18)8-13(6-2)16(12)21-17(22)15-9-19-11(4)20-10(15)3/h7-9H,5-6H2,1-4H3,(H,21,22). The van der Waals surface area contributed by atoms with Gasteiger partial charge in [-0.3, -0.25) is 4.79 Å². The Morgan fingerprint density at radius 3 is 2.27 bits per heavy atom. The predicted molar refractivity (Wildman–Crippen MR) is 92.4 cm³/mol. The van der Waals surface area contributed by atoms with E-state index in [0.29, 0.717) is 17.1 Å². The molecule has 1 heterocycles. The highest BCUT2D eigenvalue weighted by Crippen LogP contribution is 2.28. The summed E-state index contributed by atoms with van der Waals surface area (Å²) >= 11 is 3.53.